The topological polar surface area (TPSA) is 83.5 Å². The van der Waals surface area contributed by atoms with Crippen LogP contribution in [0.1, 0.15) is 15.9 Å². The maximum atomic E-state index is 12.1. The van der Waals surface area contributed by atoms with E-state index in [1.165, 1.54) is 12.7 Å². The van der Waals surface area contributed by atoms with Gasteiger partial charge in [0.2, 0.25) is 0 Å². The number of hydrogen-bond donors (Lipinski definition) is 1. The lowest BCUT2D eigenvalue weighted by atomic mass is 10.1. The molecule has 1 fully saturated rings. The van der Waals surface area contributed by atoms with Crippen molar-refractivity contribution in [3.05, 3.63) is 58.1 Å². The number of ether oxygens (including phenoxy) is 1. The molecule has 0 aliphatic carbocycles. The van der Waals surface area contributed by atoms with Gasteiger partial charge in [-0.15, -0.1) is 0 Å². The van der Waals surface area contributed by atoms with Gasteiger partial charge >= 0.3 is 5.97 Å². The number of aromatic nitrogens is 3. The summed E-state index contributed by atoms with van der Waals surface area (Å²) in [6.45, 7) is 5.23. The number of aromatic amines is 1. The highest BCUT2D eigenvalue weighted by molar-refractivity contribution is 5.96. The van der Waals surface area contributed by atoms with E-state index in [0.717, 1.165) is 38.4 Å². The zero-order valence-electron chi connectivity index (χ0n) is 16.0. The lowest BCUT2D eigenvalue weighted by Gasteiger charge is -2.32. The monoisotopic (exact) mass is 381 g/mol. The molecule has 0 aromatic heterocycles. The Kier molecular flexibility index (Phi) is 4.97. The Bertz CT molecular complexity index is 999. The molecule has 0 saturated carbocycles. The summed E-state index contributed by atoms with van der Waals surface area (Å²) < 4.78 is 6.59. The fourth-order valence-electron chi connectivity index (χ4n) is 3.48. The van der Waals surface area contributed by atoms with E-state index in [1.807, 2.05) is 12.1 Å². The average Bonchev–Trinajstić information content (AvgIpc) is 3.10. The van der Waals surface area contributed by atoms with E-state index in [2.05, 4.69) is 39.2 Å². The lowest BCUT2D eigenvalue weighted by molar-refractivity contribution is 0.0600. The molecule has 0 atom stereocenters. The van der Waals surface area contributed by atoms with Crippen LogP contribution in [0.2, 0.25) is 0 Å². The van der Waals surface area contributed by atoms with Gasteiger partial charge in [-0.2, -0.15) is 5.10 Å². The number of fused-ring (bicyclic) bond motifs is 1. The second-order valence-electron chi connectivity index (χ2n) is 7.13. The van der Waals surface area contributed by atoms with Crippen molar-refractivity contribution in [1.82, 2.24) is 24.6 Å². The van der Waals surface area contributed by atoms with Crippen LogP contribution in [-0.2, 0) is 11.3 Å². The molecule has 0 amide bonds. The summed E-state index contributed by atoms with van der Waals surface area (Å²) in [6, 6.07) is 8.14. The van der Waals surface area contributed by atoms with Crippen molar-refractivity contribution in [1.29, 1.82) is 0 Å². The van der Waals surface area contributed by atoms with Crippen LogP contribution in [0.25, 0.3) is 16.9 Å². The molecule has 1 aromatic carbocycles. The third kappa shape index (κ3) is 3.56. The Balaban J connectivity index is 1.61. The fourth-order valence-corrected chi connectivity index (χ4v) is 3.48. The summed E-state index contributed by atoms with van der Waals surface area (Å²) in [4.78, 5) is 28.9. The van der Waals surface area contributed by atoms with Gasteiger partial charge < -0.3 is 14.2 Å². The van der Waals surface area contributed by atoms with E-state index in [-0.39, 0.29) is 11.1 Å². The second-order valence-corrected chi connectivity index (χ2v) is 7.13. The van der Waals surface area contributed by atoms with Crippen LogP contribution >= 0.6 is 0 Å². The molecule has 8 nitrogen and oxygen atoms in total. The molecule has 3 aliphatic heterocycles. The van der Waals surface area contributed by atoms with Gasteiger partial charge in [0.15, 0.2) is 0 Å². The number of hydrogen-bond acceptors (Lipinski definition) is 6. The van der Waals surface area contributed by atoms with Crippen molar-refractivity contribution in [3.63, 3.8) is 0 Å². The number of nitrogens with zero attached hydrogens (tertiary/aromatic N) is 4. The van der Waals surface area contributed by atoms with Gasteiger partial charge in [-0.1, -0.05) is 12.1 Å². The van der Waals surface area contributed by atoms with Gasteiger partial charge in [0.05, 0.1) is 12.7 Å². The predicted octanol–water partition coefficient (Wildman–Crippen LogP) is 1.20. The summed E-state index contributed by atoms with van der Waals surface area (Å²) in [7, 11) is 3.46. The molecule has 3 aliphatic rings. The molecule has 146 valence electrons. The first-order valence-electron chi connectivity index (χ1n) is 9.24. The van der Waals surface area contributed by atoms with Crippen LogP contribution in [0, 0.1) is 0 Å². The molecule has 28 heavy (non-hydrogen) atoms. The summed E-state index contributed by atoms with van der Waals surface area (Å²) in [5.41, 5.74) is 2.68. The number of carbonyl (C=O) groups is 1. The van der Waals surface area contributed by atoms with Gasteiger partial charge in [-0.25, -0.2) is 9.89 Å². The Labute approximate surface area is 162 Å². The molecule has 0 radical (unpaired) electrons. The maximum Gasteiger partial charge on any atom is 0.341 e. The van der Waals surface area contributed by atoms with E-state index in [1.54, 1.807) is 17.0 Å². The van der Waals surface area contributed by atoms with Crippen molar-refractivity contribution < 1.29 is 9.53 Å². The second kappa shape index (κ2) is 7.57. The molecule has 8 heteroatoms. The van der Waals surface area contributed by atoms with Crippen molar-refractivity contribution >= 4 is 5.97 Å². The summed E-state index contributed by atoms with van der Waals surface area (Å²) >= 11 is 0. The van der Waals surface area contributed by atoms with E-state index in [9.17, 15) is 9.59 Å². The van der Waals surface area contributed by atoms with Gasteiger partial charge in [0.25, 0.3) is 5.56 Å². The molecule has 1 N–H and O–H groups in total. The number of pyridine rings is 1. The van der Waals surface area contributed by atoms with Crippen LogP contribution in [0.3, 0.4) is 0 Å². The quantitative estimate of drug-likeness (QED) is 0.684. The van der Waals surface area contributed by atoms with Crippen LogP contribution in [0.5, 0.6) is 0 Å². The van der Waals surface area contributed by atoms with E-state index >= 15 is 0 Å². The first-order valence-corrected chi connectivity index (χ1v) is 9.24. The fraction of sp³-hybridized carbons (Fsp3) is 0.350. The molecule has 0 spiro atoms. The molecule has 1 aromatic rings. The Morgan fingerprint density at radius 2 is 1.86 bits per heavy atom. The third-order valence-electron chi connectivity index (χ3n) is 5.20. The molecule has 3 heterocycles. The Morgan fingerprint density at radius 1 is 1.14 bits per heavy atom. The van der Waals surface area contributed by atoms with Gasteiger partial charge in [0.1, 0.15) is 11.3 Å². The Hall–Kier alpha value is -2.97. The number of esters is 1. The first kappa shape index (κ1) is 18.4. The number of benzene rings is 1. The number of carbonyl (C=O) groups excluding carboxylic acids is 1. The number of H-pyrrole nitrogens is 1. The highest BCUT2D eigenvalue weighted by Gasteiger charge is 2.22. The van der Waals surface area contributed by atoms with Crippen molar-refractivity contribution in [3.8, 4) is 16.9 Å². The summed E-state index contributed by atoms with van der Waals surface area (Å²) in [5, 5.41) is 6.34. The SMILES string of the molecule is COC(=O)c1cn(-c2ccc(CN3CCN(C)CC3)cc2)cc2c(=O)[nH]nc1-2. The van der Waals surface area contributed by atoms with E-state index in [0.29, 0.717) is 11.3 Å². The molecular weight excluding hydrogens is 358 g/mol. The predicted molar refractivity (Wildman–Crippen MR) is 105 cm³/mol. The third-order valence-corrected chi connectivity index (χ3v) is 5.20. The number of methoxy groups -OCH3 is 1. The molecule has 0 unspecified atom stereocenters. The number of nitrogens with one attached hydrogen (secondary N) is 1. The van der Waals surface area contributed by atoms with Crippen molar-refractivity contribution in [2.24, 2.45) is 0 Å². The zero-order valence-corrected chi connectivity index (χ0v) is 16.0. The highest BCUT2D eigenvalue weighted by atomic mass is 16.5. The van der Waals surface area contributed by atoms with Gasteiger partial charge in [-0.3, -0.25) is 9.69 Å². The standard InChI is InChI=1S/C20H23N5O3/c1-23-7-9-24(10-8-23)11-14-3-5-15(6-4-14)25-12-16-18(21-22-19(16)26)17(13-25)20(27)28-2/h3-6,12-13H,7-11H2,1-2H3,(H,22,26). The Morgan fingerprint density at radius 3 is 2.54 bits per heavy atom. The van der Waals surface area contributed by atoms with Gasteiger partial charge in [0, 0.05) is 50.8 Å². The average molecular weight is 381 g/mol. The van der Waals surface area contributed by atoms with Gasteiger partial charge in [-0.05, 0) is 24.7 Å². The summed E-state index contributed by atoms with van der Waals surface area (Å²) in [5.74, 6) is -0.530. The number of likely N-dealkylation sites (N-methyl/N-ethyl adjacent to an activating group) is 1. The van der Waals surface area contributed by atoms with Crippen molar-refractivity contribution in [2.75, 3.05) is 40.3 Å². The first-order chi connectivity index (χ1) is 13.5. The minimum absolute atomic E-state index is 0.250. The van der Waals surface area contributed by atoms with Crippen LogP contribution in [0.4, 0.5) is 0 Å². The smallest absolute Gasteiger partial charge is 0.341 e. The van der Waals surface area contributed by atoms with E-state index in [4.69, 9.17) is 4.74 Å². The molecular formula is C20H23N5O3. The number of rotatable bonds is 4. The number of piperazine rings is 1. The van der Waals surface area contributed by atoms with Crippen LogP contribution in [0.15, 0.2) is 41.5 Å². The largest absolute Gasteiger partial charge is 0.465 e. The molecule has 0 bridgehead atoms. The lowest BCUT2D eigenvalue weighted by Crippen LogP contribution is -2.43. The van der Waals surface area contributed by atoms with Crippen molar-refractivity contribution in [2.45, 2.75) is 6.54 Å². The van der Waals surface area contributed by atoms with Crippen LogP contribution in [-0.4, -0.2) is 70.9 Å². The maximum absolute atomic E-state index is 12.1. The van der Waals surface area contributed by atoms with E-state index < -0.39 is 5.97 Å². The molecule has 4 rings (SSSR count). The normalized spacial score (nSPS) is 15.8. The van der Waals surface area contributed by atoms with Crippen LogP contribution < -0.4 is 5.56 Å². The zero-order chi connectivity index (χ0) is 19.7. The minimum atomic E-state index is -0.530. The highest BCUT2D eigenvalue weighted by Crippen LogP contribution is 2.23. The summed E-state index contributed by atoms with van der Waals surface area (Å²) in [6.07, 6.45) is 3.33. The minimum Gasteiger partial charge on any atom is -0.465 e. The molecule has 1 saturated heterocycles.